The van der Waals surface area contributed by atoms with Crippen molar-refractivity contribution in [2.75, 3.05) is 0 Å². The lowest BCUT2D eigenvalue weighted by Gasteiger charge is -1.93. The fourth-order valence-electron chi connectivity index (χ4n) is 2.04. The molecular formula is C14H14N2O. The minimum atomic E-state index is 0.877. The Morgan fingerprint density at radius 3 is 2.88 bits per heavy atom. The fraction of sp³-hybridized carbons (Fsp3) is 0.214. The van der Waals surface area contributed by atoms with Gasteiger partial charge in [0.25, 0.3) is 0 Å². The zero-order valence-corrected chi connectivity index (χ0v) is 9.73. The third-order valence-corrected chi connectivity index (χ3v) is 2.95. The van der Waals surface area contributed by atoms with E-state index in [-0.39, 0.29) is 0 Å². The smallest absolute Gasteiger partial charge is 0.107 e. The third kappa shape index (κ3) is 1.96. The number of aromatic amines is 1. The van der Waals surface area contributed by atoms with Gasteiger partial charge in [0.15, 0.2) is 0 Å². The number of aryl methyl sites for hydroxylation is 3. The predicted octanol–water partition coefficient (Wildman–Crippen LogP) is 3.25. The Balaban J connectivity index is 1.84. The Kier molecular flexibility index (Phi) is 2.44. The fourth-order valence-corrected chi connectivity index (χ4v) is 2.04. The number of rotatable bonds is 3. The number of benzene rings is 1. The summed E-state index contributed by atoms with van der Waals surface area (Å²) in [5, 5.41) is 0. The highest BCUT2D eigenvalue weighted by Gasteiger charge is 2.05. The second-order valence-corrected chi connectivity index (χ2v) is 4.23. The van der Waals surface area contributed by atoms with E-state index in [2.05, 4.69) is 29.0 Å². The standard InChI is InChI=1S/C14H14N2O/c1-10-4-2-6-12-14(10)16-13(15-12)8-7-11-5-3-9-17-11/h2-6,9H,7-8H2,1H3,(H,15,16). The molecule has 0 aliphatic rings. The van der Waals surface area contributed by atoms with Crippen molar-refractivity contribution in [3.05, 3.63) is 53.7 Å². The first-order valence-electron chi connectivity index (χ1n) is 5.79. The van der Waals surface area contributed by atoms with E-state index < -0.39 is 0 Å². The van der Waals surface area contributed by atoms with Gasteiger partial charge in [-0.2, -0.15) is 0 Å². The number of hydrogen-bond donors (Lipinski definition) is 1. The number of nitrogens with zero attached hydrogens (tertiary/aromatic N) is 1. The Labute approximate surface area is 99.5 Å². The molecule has 3 aromatic rings. The van der Waals surface area contributed by atoms with E-state index in [9.17, 15) is 0 Å². The molecule has 0 spiro atoms. The van der Waals surface area contributed by atoms with Crippen molar-refractivity contribution in [3.8, 4) is 0 Å². The quantitative estimate of drug-likeness (QED) is 0.744. The van der Waals surface area contributed by atoms with Gasteiger partial charge < -0.3 is 9.40 Å². The van der Waals surface area contributed by atoms with Crippen molar-refractivity contribution in [3.63, 3.8) is 0 Å². The summed E-state index contributed by atoms with van der Waals surface area (Å²) in [7, 11) is 0. The van der Waals surface area contributed by atoms with Gasteiger partial charge in [-0.15, -0.1) is 0 Å². The number of aromatic nitrogens is 2. The minimum absolute atomic E-state index is 0.877. The summed E-state index contributed by atoms with van der Waals surface area (Å²) in [4.78, 5) is 7.96. The summed E-state index contributed by atoms with van der Waals surface area (Å²) in [5.41, 5.74) is 3.39. The van der Waals surface area contributed by atoms with E-state index in [1.165, 1.54) is 5.56 Å². The lowest BCUT2D eigenvalue weighted by molar-refractivity contribution is 0.507. The molecule has 0 saturated heterocycles. The van der Waals surface area contributed by atoms with Crippen molar-refractivity contribution < 1.29 is 4.42 Å². The largest absolute Gasteiger partial charge is 0.469 e. The van der Waals surface area contributed by atoms with E-state index in [0.717, 1.165) is 35.5 Å². The van der Waals surface area contributed by atoms with Gasteiger partial charge in [0.1, 0.15) is 11.6 Å². The molecule has 17 heavy (non-hydrogen) atoms. The molecule has 2 aromatic heterocycles. The van der Waals surface area contributed by atoms with Gasteiger partial charge in [0.2, 0.25) is 0 Å². The zero-order valence-electron chi connectivity index (χ0n) is 9.73. The van der Waals surface area contributed by atoms with E-state index >= 15 is 0 Å². The topological polar surface area (TPSA) is 41.8 Å². The first-order valence-corrected chi connectivity index (χ1v) is 5.79. The monoisotopic (exact) mass is 226 g/mol. The molecule has 0 radical (unpaired) electrons. The van der Waals surface area contributed by atoms with Crippen molar-refractivity contribution in [1.29, 1.82) is 0 Å². The number of imidazole rings is 1. The molecule has 0 fully saturated rings. The van der Waals surface area contributed by atoms with Crippen LogP contribution in [0.3, 0.4) is 0 Å². The molecule has 3 rings (SSSR count). The number of H-pyrrole nitrogens is 1. The van der Waals surface area contributed by atoms with Gasteiger partial charge in [-0.25, -0.2) is 4.98 Å². The lowest BCUT2D eigenvalue weighted by atomic mass is 10.2. The predicted molar refractivity (Wildman–Crippen MR) is 66.9 cm³/mol. The first-order chi connectivity index (χ1) is 8.33. The van der Waals surface area contributed by atoms with Crippen molar-refractivity contribution in [1.82, 2.24) is 9.97 Å². The van der Waals surface area contributed by atoms with Crippen LogP contribution in [-0.2, 0) is 12.8 Å². The molecule has 0 bridgehead atoms. The molecule has 1 aromatic carbocycles. The van der Waals surface area contributed by atoms with Crippen LogP contribution in [0.1, 0.15) is 17.1 Å². The second-order valence-electron chi connectivity index (χ2n) is 4.23. The molecule has 86 valence electrons. The summed E-state index contributed by atoms with van der Waals surface area (Å²) in [6.45, 7) is 2.08. The van der Waals surface area contributed by atoms with Crippen LogP contribution in [0.4, 0.5) is 0 Å². The Morgan fingerprint density at radius 1 is 1.18 bits per heavy atom. The summed E-state index contributed by atoms with van der Waals surface area (Å²) >= 11 is 0. The molecule has 2 heterocycles. The SMILES string of the molecule is Cc1cccc2[nH]c(CCc3ccco3)nc12. The number of para-hydroxylation sites is 1. The highest BCUT2D eigenvalue weighted by molar-refractivity contribution is 5.78. The summed E-state index contributed by atoms with van der Waals surface area (Å²) in [6.07, 6.45) is 3.46. The number of furan rings is 1. The van der Waals surface area contributed by atoms with E-state index in [0.29, 0.717) is 0 Å². The molecule has 1 N–H and O–H groups in total. The molecule has 0 saturated carbocycles. The average Bonchev–Trinajstić information content (AvgIpc) is 2.95. The normalized spacial score (nSPS) is 11.1. The highest BCUT2D eigenvalue weighted by Crippen LogP contribution is 2.16. The summed E-state index contributed by atoms with van der Waals surface area (Å²) in [5.74, 6) is 2.02. The van der Waals surface area contributed by atoms with Crippen LogP contribution in [0.2, 0.25) is 0 Å². The van der Waals surface area contributed by atoms with E-state index in [4.69, 9.17) is 4.42 Å². The molecule has 3 nitrogen and oxygen atoms in total. The Hall–Kier alpha value is -2.03. The Bertz CT molecular complexity index is 623. The van der Waals surface area contributed by atoms with Crippen LogP contribution in [0.5, 0.6) is 0 Å². The maximum Gasteiger partial charge on any atom is 0.107 e. The van der Waals surface area contributed by atoms with Gasteiger partial charge in [-0.05, 0) is 30.7 Å². The molecule has 0 aliphatic heterocycles. The van der Waals surface area contributed by atoms with Gasteiger partial charge in [-0.1, -0.05) is 12.1 Å². The van der Waals surface area contributed by atoms with Crippen LogP contribution in [0.25, 0.3) is 11.0 Å². The number of fused-ring (bicyclic) bond motifs is 1. The van der Waals surface area contributed by atoms with Crippen molar-refractivity contribution in [2.24, 2.45) is 0 Å². The van der Waals surface area contributed by atoms with E-state index in [1.807, 2.05) is 18.2 Å². The summed E-state index contributed by atoms with van der Waals surface area (Å²) in [6, 6.07) is 10.1. The minimum Gasteiger partial charge on any atom is -0.469 e. The maximum absolute atomic E-state index is 5.31. The van der Waals surface area contributed by atoms with Crippen LogP contribution in [0, 0.1) is 6.92 Å². The van der Waals surface area contributed by atoms with Gasteiger partial charge >= 0.3 is 0 Å². The van der Waals surface area contributed by atoms with Gasteiger partial charge in [0.05, 0.1) is 17.3 Å². The van der Waals surface area contributed by atoms with Crippen molar-refractivity contribution in [2.45, 2.75) is 19.8 Å². The van der Waals surface area contributed by atoms with Gasteiger partial charge in [0, 0.05) is 12.8 Å². The molecular weight excluding hydrogens is 212 g/mol. The van der Waals surface area contributed by atoms with Gasteiger partial charge in [-0.3, -0.25) is 0 Å². The highest BCUT2D eigenvalue weighted by atomic mass is 16.3. The molecule has 3 heteroatoms. The van der Waals surface area contributed by atoms with Crippen LogP contribution < -0.4 is 0 Å². The Morgan fingerprint density at radius 2 is 2.12 bits per heavy atom. The third-order valence-electron chi connectivity index (χ3n) is 2.95. The molecule has 0 amide bonds. The molecule has 0 unspecified atom stereocenters. The maximum atomic E-state index is 5.31. The summed E-state index contributed by atoms with van der Waals surface area (Å²) < 4.78 is 5.31. The average molecular weight is 226 g/mol. The van der Waals surface area contributed by atoms with Crippen molar-refractivity contribution >= 4 is 11.0 Å². The lowest BCUT2D eigenvalue weighted by Crippen LogP contribution is -1.91. The first kappa shape index (κ1) is 10.1. The number of nitrogens with one attached hydrogen (secondary N) is 1. The van der Waals surface area contributed by atoms with Crippen LogP contribution in [0.15, 0.2) is 41.0 Å². The van der Waals surface area contributed by atoms with Crippen LogP contribution >= 0.6 is 0 Å². The zero-order chi connectivity index (χ0) is 11.7. The van der Waals surface area contributed by atoms with Crippen LogP contribution in [-0.4, -0.2) is 9.97 Å². The van der Waals surface area contributed by atoms with E-state index in [1.54, 1.807) is 6.26 Å². The molecule has 0 aliphatic carbocycles. The number of hydrogen-bond acceptors (Lipinski definition) is 2. The second kappa shape index (κ2) is 4.09. The molecule has 0 atom stereocenters.